The van der Waals surface area contributed by atoms with Crippen molar-refractivity contribution in [3.05, 3.63) is 0 Å². The van der Waals surface area contributed by atoms with Crippen molar-refractivity contribution >= 4 is 18.3 Å². The van der Waals surface area contributed by atoms with Crippen LogP contribution in [-0.2, 0) is 4.79 Å². The number of piperidine rings is 1. The van der Waals surface area contributed by atoms with Crippen LogP contribution in [0.3, 0.4) is 0 Å². The molecule has 0 aromatic rings. The Balaban J connectivity index is 0.00000133. The number of alkyl halides is 1. The van der Waals surface area contributed by atoms with Gasteiger partial charge in [0.25, 0.3) is 0 Å². The number of carbonyl (C=O) groups is 1. The van der Waals surface area contributed by atoms with Crippen LogP contribution in [0.5, 0.6) is 0 Å². The second-order valence-corrected chi connectivity index (χ2v) is 5.40. The van der Waals surface area contributed by atoms with Gasteiger partial charge in [0.1, 0.15) is 12.2 Å². The molecule has 0 aromatic heterocycles. The summed E-state index contributed by atoms with van der Waals surface area (Å²) in [6.07, 6.45) is 0.00814. The topological polar surface area (TPSA) is 76.4 Å². The maximum absolute atomic E-state index is 13.8. The molecular weight excluding hydrogens is 273 g/mol. The molecule has 0 aromatic carbocycles. The maximum atomic E-state index is 13.8. The summed E-state index contributed by atoms with van der Waals surface area (Å²) < 4.78 is 13.8. The number of fused-ring (bicyclic) bond motifs is 2. The van der Waals surface area contributed by atoms with E-state index in [1.165, 1.54) is 0 Å². The second kappa shape index (κ2) is 5.23. The summed E-state index contributed by atoms with van der Waals surface area (Å²) in [5, 5.41) is 21.4. The van der Waals surface area contributed by atoms with E-state index in [0.29, 0.717) is 19.4 Å². The highest BCUT2D eigenvalue weighted by Crippen LogP contribution is 2.39. The second-order valence-electron chi connectivity index (χ2n) is 5.40. The van der Waals surface area contributed by atoms with E-state index in [1.54, 1.807) is 4.90 Å². The van der Waals surface area contributed by atoms with Crippen LogP contribution >= 0.6 is 12.4 Å². The van der Waals surface area contributed by atoms with Crippen LogP contribution in [-0.4, -0.2) is 52.9 Å². The Morgan fingerprint density at radius 3 is 2.79 bits per heavy atom. The van der Waals surface area contributed by atoms with Crippen molar-refractivity contribution in [2.45, 2.75) is 49.7 Å². The number of carbonyl (C=O) groups excluding carboxylic acids is 1. The van der Waals surface area contributed by atoms with Crippen molar-refractivity contribution in [3.63, 3.8) is 0 Å². The Labute approximate surface area is 117 Å². The molecule has 2 heterocycles. The molecule has 7 heteroatoms. The summed E-state index contributed by atoms with van der Waals surface area (Å²) in [6, 6.07) is 0.557. The fourth-order valence-electron chi connectivity index (χ4n) is 3.49. The predicted molar refractivity (Wildman–Crippen MR) is 67.3 cm³/mol. The highest BCUT2D eigenvalue weighted by Gasteiger charge is 2.56. The highest BCUT2D eigenvalue weighted by molar-refractivity contribution is 5.85. The van der Waals surface area contributed by atoms with Crippen molar-refractivity contribution in [2.24, 2.45) is 5.92 Å². The molecule has 0 radical (unpaired) electrons. The molecule has 2 saturated heterocycles. The van der Waals surface area contributed by atoms with Gasteiger partial charge >= 0.3 is 0 Å². The van der Waals surface area contributed by atoms with E-state index in [4.69, 9.17) is 5.26 Å². The minimum Gasteiger partial charge on any atom is -0.391 e. The molecule has 0 unspecified atom stereocenters. The predicted octanol–water partition coefficient (Wildman–Crippen LogP) is -0.0179. The van der Waals surface area contributed by atoms with Gasteiger partial charge in [0, 0.05) is 12.5 Å². The molecule has 0 spiro atoms. The first-order valence-corrected chi connectivity index (χ1v) is 6.41. The van der Waals surface area contributed by atoms with Crippen molar-refractivity contribution in [3.8, 4) is 6.07 Å². The number of aliphatic hydroxyl groups is 1. The lowest BCUT2D eigenvalue weighted by atomic mass is 9.97. The molecule has 106 valence electrons. The molecule has 2 aliphatic heterocycles. The van der Waals surface area contributed by atoms with E-state index in [1.807, 2.05) is 0 Å². The molecule has 1 aliphatic carbocycles. The Bertz CT molecular complexity index is 416. The average Bonchev–Trinajstić information content (AvgIpc) is 3.02. The van der Waals surface area contributed by atoms with E-state index in [0.717, 1.165) is 6.42 Å². The lowest BCUT2D eigenvalue weighted by molar-refractivity contribution is -0.135. The lowest BCUT2D eigenvalue weighted by Crippen LogP contribution is -2.53. The fraction of sp³-hybridized carbons (Fsp3) is 0.833. The number of aliphatic hydroxyl groups excluding tert-OH is 1. The van der Waals surface area contributed by atoms with Crippen LogP contribution < -0.4 is 5.32 Å². The molecular formula is C12H17ClFN3O2. The first kappa shape index (κ1) is 14.5. The Kier molecular flexibility index (Phi) is 4.00. The van der Waals surface area contributed by atoms with Crippen LogP contribution in [0.4, 0.5) is 4.39 Å². The summed E-state index contributed by atoms with van der Waals surface area (Å²) in [5.74, 6) is -0.626. The van der Waals surface area contributed by atoms with Crippen LogP contribution in [0.25, 0.3) is 0 Å². The van der Waals surface area contributed by atoms with E-state index < -0.39 is 30.3 Å². The summed E-state index contributed by atoms with van der Waals surface area (Å²) in [5.41, 5.74) is 0. The van der Waals surface area contributed by atoms with Gasteiger partial charge in [0.2, 0.25) is 5.91 Å². The molecule has 6 atom stereocenters. The normalized spacial score (nSPS) is 43.9. The highest BCUT2D eigenvalue weighted by atomic mass is 35.5. The largest absolute Gasteiger partial charge is 0.391 e. The minimum absolute atomic E-state index is 0. The molecule has 1 amide bonds. The van der Waals surface area contributed by atoms with Crippen molar-refractivity contribution < 1.29 is 14.3 Å². The number of amides is 1. The number of likely N-dealkylation sites (tertiary alicyclic amines) is 1. The number of nitrogens with zero attached hydrogens (tertiary/aromatic N) is 2. The summed E-state index contributed by atoms with van der Waals surface area (Å²) in [4.78, 5) is 13.9. The number of nitrogens with one attached hydrogen (secondary N) is 1. The quantitative estimate of drug-likeness (QED) is 0.711. The van der Waals surface area contributed by atoms with Crippen LogP contribution in [0.15, 0.2) is 0 Å². The van der Waals surface area contributed by atoms with Gasteiger partial charge in [-0.15, -0.1) is 12.4 Å². The van der Waals surface area contributed by atoms with E-state index >= 15 is 0 Å². The fourth-order valence-corrected chi connectivity index (χ4v) is 3.49. The summed E-state index contributed by atoms with van der Waals surface area (Å²) in [7, 11) is 0. The standard InChI is InChI=1S/C12H16FN3O2.ClH/c13-9-7-4-8(17)11(9)15-10(7)12(18)16-3-1-2-6(16)5-14;/h6-11,15,17H,1-4H2;1H/t6-,7+,8+,9+,10-,11-;/m0./s1. The van der Waals surface area contributed by atoms with E-state index in [2.05, 4.69) is 11.4 Å². The number of hydrogen-bond donors (Lipinski definition) is 2. The zero-order valence-corrected chi connectivity index (χ0v) is 11.1. The Morgan fingerprint density at radius 2 is 2.26 bits per heavy atom. The van der Waals surface area contributed by atoms with Gasteiger partial charge in [0.15, 0.2) is 0 Å². The van der Waals surface area contributed by atoms with Gasteiger partial charge in [-0.1, -0.05) is 0 Å². The molecule has 19 heavy (non-hydrogen) atoms. The summed E-state index contributed by atoms with van der Waals surface area (Å²) in [6.45, 7) is 0.576. The first-order chi connectivity index (χ1) is 8.63. The van der Waals surface area contributed by atoms with E-state index in [9.17, 15) is 14.3 Å². The van der Waals surface area contributed by atoms with Gasteiger partial charge in [-0.25, -0.2) is 4.39 Å². The van der Waals surface area contributed by atoms with Crippen LogP contribution in [0, 0.1) is 17.2 Å². The van der Waals surface area contributed by atoms with Crippen LogP contribution in [0.2, 0.25) is 0 Å². The SMILES string of the molecule is Cl.N#C[C@@H]1CCCN1C(=O)[C@H]1N[C@@H]2[C@H](F)[C@H]1C[C@H]2O. The molecule has 5 nitrogen and oxygen atoms in total. The molecule has 3 fully saturated rings. The third kappa shape index (κ3) is 2.10. The number of hydrogen-bond acceptors (Lipinski definition) is 4. The monoisotopic (exact) mass is 289 g/mol. The van der Waals surface area contributed by atoms with Gasteiger partial charge in [-0.2, -0.15) is 5.26 Å². The third-order valence-electron chi connectivity index (χ3n) is 4.43. The molecule has 2 N–H and O–H groups in total. The zero-order chi connectivity index (χ0) is 12.9. The molecule has 3 aliphatic rings. The Morgan fingerprint density at radius 1 is 1.53 bits per heavy atom. The van der Waals surface area contributed by atoms with Crippen molar-refractivity contribution in [1.29, 1.82) is 5.26 Å². The smallest absolute Gasteiger partial charge is 0.241 e. The van der Waals surface area contributed by atoms with E-state index in [-0.39, 0.29) is 24.4 Å². The molecule has 1 saturated carbocycles. The third-order valence-corrected chi connectivity index (χ3v) is 4.43. The van der Waals surface area contributed by atoms with Gasteiger partial charge in [-0.3, -0.25) is 10.1 Å². The number of halogens is 2. The number of rotatable bonds is 1. The average molecular weight is 290 g/mol. The number of nitriles is 1. The zero-order valence-electron chi connectivity index (χ0n) is 10.3. The molecule has 2 bridgehead atoms. The van der Waals surface area contributed by atoms with Gasteiger partial charge < -0.3 is 10.0 Å². The van der Waals surface area contributed by atoms with Crippen molar-refractivity contribution in [1.82, 2.24) is 10.2 Å². The Hall–Kier alpha value is -0.900. The first-order valence-electron chi connectivity index (χ1n) is 6.41. The minimum atomic E-state index is -1.16. The van der Waals surface area contributed by atoms with Crippen LogP contribution in [0.1, 0.15) is 19.3 Å². The maximum Gasteiger partial charge on any atom is 0.241 e. The summed E-state index contributed by atoms with van der Waals surface area (Å²) >= 11 is 0. The molecule has 3 rings (SSSR count). The lowest BCUT2D eigenvalue weighted by Gasteiger charge is -2.29. The van der Waals surface area contributed by atoms with Crippen molar-refractivity contribution in [2.75, 3.05) is 6.54 Å². The van der Waals surface area contributed by atoms with Gasteiger partial charge in [0.05, 0.1) is 24.3 Å². The van der Waals surface area contributed by atoms with Gasteiger partial charge in [-0.05, 0) is 19.3 Å².